The topological polar surface area (TPSA) is 119 Å². The molecule has 32 heavy (non-hydrogen) atoms. The van der Waals surface area contributed by atoms with E-state index in [4.69, 9.17) is 13.6 Å². The molecule has 0 unspecified atom stereocenters. The summed E-state index contributed by atoms with van der Waals surface area (Å²) >= 11 is 0. The van der Waals surface area contributed by atoms with Crippen molar-refractivity contribution in [3.63, 3.8) is 0 Å². The largest absolute Gasteiger partial charge is 0.466 e. The summed E-state index contributed by atoms with van der Waals surface area (Å²) in [7, 11) is 0. The smallest absolute Gasteiger partial charge is 0.340 e. The van der Waals surface area contributed by atoms with Crippen molar-refractivity contribution >= 4 is 39.7 Å². The number of esters is 1. The highest BCUT2D eigenvalue weighted by Crippen LogP contribution is 2.29. The fraction of sp³-hybridized carbons (Fsp3) is 0.391. The van der Waals surface area contributed by atoms with Crippen molar-refractivity contribution in [3.8, 4) is 0 Å². The lowest BCUT2D eigenvalue weighted by Gasteiger charge is -2.34. The maximum Gasteiger partial charge on any atom is 0.340 e. The van der Waals surface area contributed by atoms with Crippen LogP contribution in [0.1, 0.15) is 30.0 Å². The van der Waals surface area contributed by atoms with Gasteiger partial charge in [0.15, 0.2) is 0 Å². The third kappa shape index (κ3) is 3.86. The highest BCUT2D eigenvalue weighted by atomic mass is 16.5. The summed E-state index contributed by atoms with van der Waals surface area (Å²) in [6.07, 6.45) is 1.15. The predicted molar refractivity (Wildman–Crippen MR) is 115 cm³/mol. The second-order valence-electron chi connectivity index (χ2n) is 7.84. The molecule has 0 saturated carbocycles. The second kappa shape index (κ2) is 8.49. The Bertz CT molecular complexity index is 1290. The molecule has 1 aliphatic heterocycles. The van der Waals surface area contributed by atoms with E-state index in [0.717, 1.165) is 10.9 Å². The Hall–Kier alpha value is -3.62. The molecule has 1 fully saturated rings. The average molecular weight is 440 g/mol. The van der Waals surface area contributed by atoms with Crippen LogP contribution in [0, 0.1) is 13.8 Å². The van der Waals surface area contributed by atoms with E-state index >= 15 is 0 Å². The molecule has 1 aromatic carbocycles. The van der Waals surface area contributed by atoms with Crippen molar-refractivity contribution in [1.29, 1.82) is 0 Å². The van der Waals surface area contributed by atoms with Gasteiger partial charge in [-0.1, -0.05) is 0 Å². The van der Waals surface area contributed by atoms with Crippen molar-refractivity contribution in [3.05, 3.63) is 45.5 Å². The van der Waals surface area contributed by atoms with Crippen LogP contribution in [0.25, 0.3) is 21.9 Å². The Balaban J connectivity index is 1.66. The molecule has 0 aliphatic carbocycles. The summed E-state index contributed by atoms with van der Waals surface area (Å²) in [5.74, 6) is -1.41. The molecule has 2 amide bonds. The lowest BCUT2D eigenvalue weighted by atomic mass is 10.0. The van der Waals surface area contributed by atoms with Crippen LogP contribution in [0.5, 0.6) is 0 Å². The molecule has 0 bridgehead atoms. The molecule has 9 heteroatoms. The molecule has 0 radical (unpaired) electrons. The molecule has 1 aliphatic rings. The van der Waals surface area contributed by atoms with E-state index < -0.39 is 29.5 Å². The van der Waals surface area contributed by atoms with Gasteiger partial charge in [0, 0.05) is 29.9 Å². The maximum atomic E-state index is 13.1. The van der Waals surface area contributed by atoms with Crippen molar-refractivity contribution in [2.24, 2.45) is 0 Å². The quantitative estimate of drug-likeness (QED) is 0.476. The molecule has 2 aromatic heterocycles. The summed E-state index contributed by atoms with van der Waals surface area (Å²) in [5, 5.41) is 4.27. The van der Waals surface area contributed by atoms with Crippen LogP contribution in [0.3, 0.4) is 0 Å². The van der Waals surface area contributed by atoms with Gasteiger partial charge in [0.05, 0.1) is 31.3 Å². The number of hydrogen-bond acceptors (Lipinski definition) is 7. The van der Waals surface area contributed by atoms with Crippen LogP contribution in [0.2, 0.25) is 0 Å². The first kappa shape index (κ1) is 21.6. The molecule has 3 aromatic rings. The Morgan fingerprint density at radius 3 is 2.72 bits per heavy atom. The van der Waals surface area contributed by atoms with Gasteiger partial charge < -0.3 is 23.8 Å². The van der Waals surface area contributed by atoms with Crippen LogP contribution in [0.4, 0.5) is 0 Å². The SMILES string of the molecule is CCOC(=O)C[C@H]1C(=O)NCCN1C(=O)Cc1c(C)c2cc3c(C)coc3cc2oc1=O. The van der Waals surface area contributed by atoms with E-state index in [-0.39, 0.29) is 38.1 Å². The van der Waals surface area contributed by atoms with Gasteiger partial charge in [0.2, 0.25) is 11.8 Å². The Morgan fingerprint density at radius 2 is 1.97 bits per heavy atom. The summed E-state index contributed by atoms with van der Waals surface area (Å²) < 4.78 is 15.9. The number of aryl methyl sites for hydroxylation is 2. The summed E-state index contributed by atoms with van der Waals surface area (Å²) in [5.41, 5.74) is 2.19. The van der Waals surface area contributed by atoms with Crippen LogP contribution < -0.4 is 10.9 Å². The standard InChI is InChI=1S/C23H24N2O7/c1-4-30-21(27)9-17-22(28)24-5-6-25(17)20(26)8-16-13(3)15-7-14-12(2)11-31-18(14)10-19(15)32-23(16)29/h7,10-11,17H,4-6,8-9H2,1-3H3,(H,24,28)/t17-/m0/s1. The van der Waals surface area contributed by atoms with Gasteiger partial charge in [-0.05, 0) is 38.0 Å². The van der Waals surface area contributed by atoms with Crippen molar-refractivity contribution in [1.82, 2.24) is 10.2 Å². The van der Waals surface area contributed by atoms with E-state index in [1.165, 1.54) is 4.90 Å². The maximum absolute atomic E-state index is 13.1. The lowest BCUT2D eigenvalue weighted by Crippen LogP contribution is -2.58. The molecule has 4 rings (SSSR count). The second-order valence-corrected chi connectivity index (χ2v) is 7.84. The summed E-state index contributed by atoms with van der Waals surface area (Å²) in [4.78, 5) is 51.4. The highest BCUT2D eigenvalue weighted by Gasteiger charge is 2.35. The first-order chi connectivity index (χ1) is 15.3. The first-order valence-electron chi connectivity index (χ1n) is 10.5. The molecule has 1 atom stereocenters. The minimum atomic E-state index is -0.976. The zero-order valence-electron chi connectivity index (χ0n) is 18.1. The van der Waals surface area contributed by atoms with Gasteiger partial charge in [-0.2, -0.15) is 0 Å². The van der Waals surface area contributed by atoms with Gasteiger partial charge in [-0.3, -0.25) is 14.4 Å². The normalized spacial score (nSPS) is 16.4. The first-order valence-corrected chi connectivity index (χ1v) is 10.5. The number of amides is 2. The molecule has 0 spiro atoms. The number of carbonyl (C=O) groups is 3. The summed E-state index contributed by atoms with van der Waals surface area (Å²) in [6.45, 7) is 6.04. The molecule has 9 nitrogen and oxygen atoms in total. The van der Waals surface area contributed by atoms with Crippen molar-refractivity contribution in [2.45, 2.75) is 39.7 Å². The fourth-order valence-electron chi connectivity index (χ4n) is 4.09. The zero-order valence-corrected chi connectivity index (χ0v) is 18.1. The molecular formula is C23H24N2O7. The van der Waals surface area contributed by atoms with E-state index in [1.54, 1.807) is 26.2 Å². The van der Waals surface area contributed by atoms with Gasteiger partial charge in [0.1, 0.15) is 17.2 Å². The Kier molecular flexibility index (Phi) is 5.73. The zero-order chi connectivity index (χ0) is 23.0. The Labute approximate surface area is 183 Å². The number of furan rings is 1. The molecule has 3 heterocycles. The van der Waals surface area contributed by atoms with Crippen LogP contribution in [0.15, 0.2) is 32.0 Å². The number of ether oxygens (including phenoxy) is 1. The van der Waals surface area contributed by atoms with Gasteiger partial charge >= 0.3 is 11.6 Å². The lowest BCUT2D eigenvalue weighted by molar-refractivity contribution is -0.151. The minimum Gasteiger partial charge on any atom is -0.466 e. The Morgan fingerprint density at radius 1 is 1.19 bits per heavy atom. The number of piperazine rings is 1. The number of benzene rings is 1. The number of fused-ring (bicyclic) bond motifs is 2. The number of carbonyl (C=O) groups excluding carboxylic acids is 3. The van der Waals surface area contributed by atoms with E-state index in [2.05, 4.69) is 5.32 Å². The van der Waals surface area contributed by atoms with E-state index in [1.807, 2.05) is 13.0 Å². The highest BCUT2D eigenvalue weighted by molar-refractivity contribution is 5.97. The molecule has 1 saturated heterocycles. The van der Waals surface area contributed by atoms with E-state index in [9.17, 15) is 19.2 Å². The van der Waals surface area contributed by atoms with Crippen LogP contribution >= 0.6 is 0 Å². The van der Waals surface area contributed by atoms with Crippen molar-refractivity contribution in [2.75, 3.05) is 19.7 Å². The van der Waals surface area contributed by atoms with Gasteiger partial charge in [0.25, 0.3) is 0 Å². The molecular weight excluding hydrogens is 416 g/mol. The molecule has 1 N–H and O–H groups in total. The van der Waals surface area contributed by atoms with Gasteiger partial charge in [-0.25, -0.2) is 4.79 Å². The van der Waals surface area contributed by atoms with Crippen LogP contribution in [-0.2, 0) is 25.5 Å². The minimum absolute atomic E-state index is 0.182. The molecule has 168 valence electrons. The van der Waals surface area contributed by atoms with Crippen LogP contribution in [-0.4, -0.2) is 48.4 Å². The number of rotatable bonds is 5. The number of nitrogens with one attached hydrogen (secondary N) is 1. The van der Waals surface area contributed by atoms with Gasteiger partial charge in [-0.15, -0.1) is 0 Å². The third-order valence-electron chi connectivity index (χ3n) is 5.82. The number of hydrogen-bond donors (Lipinski definition) is 1. The average Bonchev–Trinajstić information content (AvgIpc) is 3.11. The summed E-state index contributed by atoms with van der Waals surface area (Å²) in [6, 6.07) is 2.58. The number of nitrogens with zero attached hydrogens (tertiary/aromatic N) is 1. The van der Waals surface area contributed by atoms with Crippen molar-refractivity contribution < 1.29 is 28.0 Å². The third-order valence-corrected chi connectivity index (χ3v) is 5.82. The predicted octanol–water partition coefficient (Wildman–Crippen LogP) is 1.98. The van der Waals surface area contributed by atoms with E-state index in [0.29, 0.717) is 22.1 Å². The fourth-order valence-corrected chi connectivity index (χ4v) is 4.09. The monoisotopic (exact) mass is 440 g/mol.